The van der Waals surface area contributed by atoms with E-state index in [2.05, 4.69) is 0 Å². The van der Waals surface area contributed by atoms with Gasteiger partial charge in [-0.2, -0.15) is 0 Å². The van der Waals surface area contributed by atoms with Crippen LogP contribution in [0, 0.1) is 5.82 Å². The summed E-state index contributed by atoms with van der Waals surface area (Å²) in [7, 11) is 0. The zero-order valence-electron chi connectivity index (χ0n) is 7.17. The number of benzene rings is 1. The summed E-state index contributed by atoms with van der Waals surface area (Å²) < 4.78 is 13.1. The Hall–Kier alpha value is -0.540. The summed E-state index contributed by atoms with van der Waals surface area (Å²) in [4.78, 5) is 0.660. The van der Waals surface area contributed by atoms with Crippen molar-refractivity contribution >= 4 is 11.8 Å². The fourth-order valence-corrected chi connectivity index (χ4v) is 1.85. The van der Waals surface area contributed by atoms with Crippen LogP contribution in [0.5, 0.6) is 0 Å². The van der Waals surface area contributed by atoms with Crippen LogP contribution in [0.4, 0.5) is 4.39 Å². The number of nitrogens with two attached hydrogens (primary N) is 1. The summed E-state index contributed by atoms with van der Waals surface area (Å²) in [5, 5.41) is 0. The Balaban J connectivity index is 3.18. The monoisotopic (exact) mass is 185 g/mol. The molecule has 1 nitrogen and oxygen atoms in total. The van der Waals surface area contributed by atoms with Crippen molar-refractivity contribution in [1.82, 2.24) is 0 Å². The summed E-state index contributed by atoms with van der Waals surface area (Å²) in [6, 6.07) is 4.90. The Morgan fingerprint density at radius 1 is 1.50 bits per heavy atom. The number of thioether (sulfide) groups is 1. The smallest absolute Gasteiger partial charge is 0.137 e. The molecule has 1 rings (SSSR count). The Labute approximate surface area is 76.2 Å². The largest absolute Gasteiger partial charge is 0.324 e. The van der Waals surface area contributed by atoms with E-state index in [9.17, 15) is 4.39 Å². The van der Waals surface area contributed by atoms with Gasteiger partial charge in [0.05, 0.1) is 0 Å². The fraction of sp³-hybridized carbons (Fsp3) is 0.333. The molecule has 1 aromatic carbocycles. The molecule has 66 valence electrons. The normalized spacial score (nSPS) is 13.0. The zero-order valence-corrected chi connectivity index (χ0v) is 7.99. The molecule has 0 aromatic heterocycles. The third-order valence-electron chi connectivity index (χ3n) is 1.69. The van der Waals surface area contributed by atoms with Gasteiger partial charge in [-0.1, -0.05) is 12.1 Å². The average molecular weight is 185 g/mol. The van der Waals surface area contributed by atoms with Crippen molar-refractivity contribution in [3.05, 3.63) is 29.6 Å². The molecule has 12 heavy (non-hydrogen) atoms. The molecule has 1 aromatic rings. The first-order valence-electron chi connectivity index (χ1n) is 3.74. The van der Waals surface area contributed by atoms with Gasteiger partial charge in [-0.05, 0) is 24.8 Å². The minimum absolute atomic E-state index is 0.108. The summed E-state index contributed by atoms with van der Waals surface area (Å²) in [5.41, 5.74) is 6.56. The molecule has 3 heteroatoms. The van der Waals surface area contributed by atoms with Gasteiger partial charge < -0.3 is 5.73 Å². The first kappa shape index (κ1) is 9.55. The van der Waals surface area contributed by atoms with Crippen molar-refractivity contribution in [2.24, 2.45) is 5.73 Å². The van der Waals surface area contributed by atoms with Crippen LogP contribution in [0.3, 0.4) is 0 Å². The summed E-state index contributed by atoms with van der Waals surface area (Å²) >= 11 is 1.40. The maximum atomic E-state index is 13.1. The maximum absolute atomic E-state index is 13.1. The van der Waals surface area contributed by atoms with Crippen LogP contribution >= 0.6 is 11.8 Å². The molecule has 0 radical (unpaired) electrons. The van der Waals surface area contributed by atoms with E-state index in [1.165, 1.54) is 17.8 Å². The van der Waals surface area contributed by atoms with Crippen molar-refractivity contribution < 1.29 is 4.39 Å². The van der Waals surface area contributed by atoms with Gasteiger partial charge in [0.25, 0.3) is 0 Å². The highest BCUT2D eigenvalue weighted by atomic mass is 32.2. The van der Waals surface area contributed by atoms with Crippen LogP contribution in [0.25, 0.3) is 0 Å². The lowest BCUT2D eigenvalue weighted by Crippen LogP contribution is -2.07. The van der Waals surface area contributed by atoms with E-state index in [0.29, 0.717) is 4.90 Å². The molecule has 0 saturated carbocycles. The fourth-order valence-electron chi connectivity index (χ4n) is 1.10. The van der Waals surface area contributed by atoms with Gasteiger partial charge in [0.1, 0.15) is 5.82 Å². The molecule has 0 fully saturated rings. The standard InChI is InChI=1S/C9H12FNS/c1-6(11)7-4-3-5-8(10)9(7)12-2/h3-6H,11H2,1-2H3. The lowest BCUT2D eigenvalue weighted by atomic mass is 10.1. The molecule has 0 saturated heterocycles. The van der Waals surface area contributed by atoms with Crippen molar-refractivity contribution in [2.45, 2.75) is 17.9 Å². The molecule has 0 heterocycles. The van der Waals surface area contributed by atoms with E-state index in [1.54, 1.807) is 6.07 Å². The molecule has 1 atom stereocenters. The molecule has 0 bridgehead atoms. The minimum Gasteiger partial charge on any atom is -0.324 e. The van der Waals surface area contributed by atoms with Gasteiger partial charge in [-0.3, -0.25) is 0 Å². The molecular formula is C9H12FNS. The average Bonchev–Trinajstić information content (AvgIpc) is 2.03. The highest BCUT2D eigenvalue weighted by Crippen LogP contribution is 2.27. The van der Waals surface area contributed by atoms with Gasteiger partial charge in [0.15, 0.2) is 0 Å². The van der Waals surface area contributed by atoms with Crippen LogP contribution in [-0.2, 0) is 0 Å². The lowest BCUT2D eigenvalue weighted by Gasteiger charge is -2.10. The second kappa shape index (κ2) is 3.92. The number of rotatable bonds is 2. The molecule has 0 aliphatic heterocycles. The predicted molar refractivity (Wildman–Crippen MR) is 50.8 cm³/mol. The zero-order chi connectivity index (χ0) is 9.14. The van der Waals surface area contributed by atoms with Gasteiger partial charge in [0, 0.05) is 10.9 Å². The SMILES string of the molecule is CSc1c(F)cccc1C(C)N. The molecule has 1 unspecified atom stereocenters. The highest BCUT2D eigenvalue weighted by molar-refractivity contribution is 7.98. The third kappa shape index (κ3) is 1.79. The molecule has 0 aliphatic rings. The van der Waals surface area contributed by atoms with Crippen molar-refractivity contribution in [2.75, 3.05) is 6.26 Å². The van der Waals surface area contributed by atoms with Crippen LogP contribution in [0.1, 0.15) is 18.5 Å². The van der Waals surface area contributed by atoms with Crippen molar-refractivity contribution in [1.29, 1.82) is 0 Å². The summed E-state index contributed by atoms with van der Waals surface area (Å²) in [6.45, 7) is 1.86. The Kier molecular flexibility index (Phi) is 3.12. The van der Waals surface area contributed by atoms with E-state index in [0.717, 1.165) is 5.56 Å². The van der Waals surface area contributed by atoms with Crippen LogP contribution in [0.15, 0.2) is 23.1 Å². The first-order chi connectivity index (χ1) is 5.66. The van der Waals surface area contributed by atoms with Gasteiger partial charge in [-0.15, -0.1) is 11.8 Å². The van der Waals surface area contributed by atoms with Crippen LogP contribution in [0.2, 0.25) is 0 Å². The van der Waals surface area contributed by atoms with Gasteiger partial charge >= 0.3 is 0 Å². The quantitative estimate of drug-likeness (QED) is 0.717. The molecule has 0 aliphatic carbocycles. The predicted octanol–water partition coefficient (Wildman–Crippen LogP) is 2.57. The number of hydrogen-bond acceptors (Lipinski definition) is 2. The summed E-state index contributed by atoms with van der Waals surface area (Å²) in [5.74, 6) is -0.183. The second-order valence-corrected chi connectivity index (χ2v) is 3.47. The van der Waals surface area contributed by atoms with Crippen LogP contribution < -0.4 is 5.73 Å². The van der Waals surface area contributed by atoms with E-state index < -0.39 is 0 Å². The van der Waals surface area contributed by atoms with E-state index in [4.69, 9.17) is 5.73 Å². The van der Waals surface area contributed by atoms with E-state index in [1.807, 2.05) is 19.2 Å². The molecule has 0 amide bonds. The van der Waals surface area contributed by atoms with Crippen molar-refractivity contribution in [3.63, 3.8) is 0 Å². The topological polar surface area (TPSA) is 26.0 Å². The lowest BCUT2D eigenvalue weighted by molar-refractivity contribution is 0.592. The highest BCUT2D eigenvalue weighted by Gasteiger charge is 2.09. The number of halogens is 1. The molecule has 0 spiro atoms. The maximum Gasteiger partial charge on any atom is 0.137 e. The van der Waals surface area contributed by atoms with Crippen LogP contribution in [-0.4, -0.2) is 6.26 Å². The van der Waals surface area contributed by atoms with Gasteiger partial charge in [-0.25, -0.2) is 4.39 Å². The minimum atomic E-state index is -0.183. The second-order valence-electron chi connectivity index (χ2n) is 2.65. The number of hydrogen-bond donors (Lipinski definition) is 1. The molecule has 2 N–H and O–H groups in total. The summed E-state index contributed by atoms with van der Waals surface area (Å²) in [6.07, 6.45) is 1.85. The Bertz CT molecular complexity index is 273. The van der Waals surface area contributed by atoms with Crippen molar-refractivity contribution in [3.8, 4) is 0 Å². The van der Waals surface area contributed by atoms with E-state index in [-0.39, 0.29) is 11.9 Å². The Morgan fingerprint density at radius 3 is 2.58 bits per heavy atom. The van der Waals surface area contributed by atoms with Gasteiger partial charge in [0.2, 0.25) is 0 Å². The first-order valence-corrected chi connectivity index (χ1v) is 4.97. The molecular weight excluding hydrogens is 173 g/mol. The third-order valence-corrected chi connectivity index (χ3v) is 2.53. The van der Waals surface area contributed by atoms with E-state index >= 15 is 0 Å². The Morgan fingerprint density at radius 2 is 2.17 bits per heavy atom.